The molecule has 0 amide bonds. The molecule has 27 heavy (non-hydrogen) atoms. The lowest BCUT2D eigenvalue weighted by atomic mass is 9.71. The molecule has 1 unspecified atom stereocenters. The molecule has 0 saturated carbocycles. The molecule has 2 atom stereocenters. The minimum atomic E-state index is -0.609. The number of ketones is 1. The molecule has 0 radical (unpaired) electrons. The first-order chi connectivity index (χ1) is 12.9. The Balaban J connectivity index is 2.18. The van der Waals surface area contributed by atoms with E-state index in [1.807, 2.05) is 45.0 Å². The van der Waals surface area contributed by atoms with Crippen LogP contribution in [-0.2, 0) is 14.3 Å². The van der Waals surface area contributed by atoms with E-state index in [1.165, 1.54) is 0 Å². The van der Waals surface area contributed by atoms with Gasteiger partial charge in [0.2, 0.25) is 0 Å². The third-order valence-corrected chi connectivity index (χ3v) is 4.99. The third kappa shape index (κ3) is 3.82. The number of hydrogen-bond acceptors (Lipinski definition) is 5. The lowest BCUT2D eigenvalue weighted by Crippen LogP contribution is -2.37. The molecule has 0 saturated heterocycles. The maximum atomic E-state index is 12.9. The van der Waals surface area contributed by atoms with Crippen LogP contribution < -0.4 is 4.74 Å². The summed E-state index contributed by atoms with van der Waals surface area (Å²) in [5.74, 6) is -0.590. The zero-order valence-corrected chi connectivity index (χ0v) is 16.5. The van der Waals surface area contributed by atoms with Crippen LogP contribution in [0.15, 0.2) is 40.5 Å². The number of hydrogen-bond donors (Lipinski definition) is 0. The largest absolute Gasteiger partial charge is 0.491 e. The number of esters is 1. The van der Waals surface area contributed by atoms with Crippen molar-refractivity contribution in [2.75, 3.05) is 6.61 Å². The van der Waals surface area contributed by atoms with Crippen LogP contribution in [-0.4, -0.2) is 30.2 Å². The number of rotatable bonds is 5. The van der Waals surface area contributed by atoms with Gasteiger partial charge in [0.1, 0.15) is 11.7 Å². The summed E-state index contributed by atoms with van der Waals surface area (Å²) in [5, 5.41) is 0. The number of Topliss-reactive ketones (excluding diaryl/α,β-unsaturated/α-hetero) is 1. The molecule has 0 N–H and O–H groups in total. The van der Waals surface area contributed by atoms with Crippen molar-refractivity contribution in [3.8, 4) is 5.75 Å². The molecule has 2 aliphatic rings. The number of allylic oxidation sites excluding steroid dienone is 2. The van der Waals surface area contributed by atoms with Gasteiger partial charge in [0.15, 0.2) is 5.78 Å². The highest BCUT2D eigenvalue weighted by Gasteiger charge is 2.44. The highest BCUT2D eigenvalue weighted by molar-refractivity contribution is 6.09. The Morgan fingerprint density at radius 2 is 2.00 bits per heavy atom. The van der Waals surface area contributed by atoms with E-state index in [0.717, 1.165) is 24.1 Å². The lowest BCUT2D eigenvalue weighted by molar-refractivity contribution is -0.146. The molecule has 0 spiro atoms. The van der Waals surface area contributed by atoms with Gasteiger partial charge in [0.05, 0.1) is 12.7 Å². The van der Waals surface area contributed by atoms with Gasteiger partial charge in [-0.2, -0.15) is 0 Å². The zero-order valence-electron chi connectivity index (χ0n) is 16.5. The summed E-state index contributed by atoms with van der Waals surface area (Å²) in [6.07, 6.45) is 2.04. The van der Waals surface area contributed by atoms with E-state index in [4.69, 9.17) is 9.47 Å². The number of aliphatic imine (C=N–C) groups is 1. The van der Waals surface area contributed by atoms with Crippen LogP contribution in [0.2, 0.25) is 0 Å². The maximum Gasteiger partial charge on any atom is 0.315 e. The first-order valence-corrected chi connectivity index (χ1v) is 9.67. The third-order valence-electron chi connectivity index (χ3n) is 4.99. The Morgan fingerprint density at radius 1 is 1.26 bits per heavy atom. The molecule has 0 aromatic heterocycles. The molecule has 0 fully saturated rings. The molecular weight excluding hydrogens is 342 g/mol. The van der Waals surface area contributed by atoms with E-state index in [9.17, 15) is 9.59 Å². The minimum Gasteiger partial charge on any atom is -0.491 e. The molecular formula is C22H27NO4. The normalized spacial score (nSPS) is 22.4. The Kier molecular flexibility index (Phi) is 5.78. The van der Waals surface area contributed by atoms with E-state index >= 15 is 0 Å². The quantitative estimate of drug-likeness (QED) is 0.729. The highest BCUT2D eigenvalue weighted by Crippen LogP contribution is 2.46. The highest BCUT2D eigenvalue weighted by atomic mass is 16.5. The summed E-state index contributed by atoms with van der Waals surface area (Å²) in [6, 6.07) is 7.66. The van der Waals surface area contributed by atoms with Gasteiger partial charge in [-0.05, 0) is 46.6 Å². The van der Waals surface area contributed by atoms with Crippen molar-refractivity contribution < 1.29 is 19.1 Å². The van der Waals surface area contributed by atoms with Gasteiger partial charge in [-0.3, -0.25) is 14.6 Å². The topological polar surface area (TPSA) is 65.0 Å². The van der Waals surface area contributed by atoms with Gasteiger partial charge in [-0.15, -0.1) is 0 Å². The van der Waals surface area contributed by atoms with Gasteiger partial charge in [0, 0.05) is 34.9 Å². The smallest absolute Gasteiger partial charge is 0.315 e. The van der Waals surface area contributed by atoms with E-state index in [2.05, 4.69) is 4.99 Å². The van der Waals surface area contributed by atoms with Crippen molar-refractivity contribution in [2.24, 2.45) is 10.9 Å². The van der Waals surface area contributed by atoms with Gasteiger partial charge in [-0.1, -0.05) is 18.2 Å². The van der Waals surface area contributed by atoms with E-state index in [1.54, 1.807) is 6.92 Å². The second-order valence-corrected chi connectivity index (χ2v) is 7.30. The van der Waals surface area contributed by atoms with Gasteiger partial charge in [-0.25, -0.2) is 0 Å². The van der Waals surface area contributed by atoms with Crippen molar-refractivity contribution in [1.82, 2.24) is 0 Å². The van der Waals surface area contributed by atoms with Crippen molar-refractivity contribution in [3.63, 3.8) is 0 Å². The predicted molar refractivity (Wildman–Crippen MR) is 104 cm³/mol. The van der Waals surface area contributed by atoms with Crippen molar-refractivity contribution in [1.29, 1.82) is 0 Å². The van der Waals surface area contributed by atoms with Crippen LogP contribution in [0, 0.1) is 5.92 Å². The Hall–Kier alpha value is -2.43. The number of ether oxygens (including phenoxy) is 2. The second-order valence-electron chi connectivity index (χ2n) is 7.30. The van der Waals surface area contributed by atoms with Crippen molar-refractivity contribution in [2.45, 2.75) is 59.0 Å². The number of carbonyl (C=O) groups excluding carboxylic acids is 2. The second kappa shape index (κ2) is 8.07. The number of nitrogens with zero attached hydrogens (tertiary/aromatic N) is 1. The van der Waals surface area contributed by atoms with Crippen molar-refractivity contribution >= 4 is 17.5 Å². The van der Waals surface area contributed by atoms with Crippen LogP contribution in [0.1, 0.15) is 58.4 Å². The SMILES string of the molecule is CCOC(=O)C1C(C)=NC2=C(C(=O)CCC2)[C@@H]1c1ccccc1OC(C)C. The fraction of sp³-hybridized carbons (Fsp3) is 0.500. The molecule has 1 aromatic rings. The van der Waals surface area contributed by atoms with Crippen molar-refractivity contribution in [3.05, 3.63) is 41.1 Å². The Bertz CT molecular complexity index is 806. The molecule has 3 rings (SSSR count). The Labute approximate surface area is 160 Å². The van der Waals surface area contributed by atoms with Crippen LogP contribution >= 0.6 is 0 Å². The molecule has 1 aliphatic carbocycles. The number of benzene rings is 1. The van der Waals surface area contributed by atoms with E-state index in [-0.39, 0.29) is 17.9 Å². The summed E-state index contributed by atoms with van der Waals surface area (Å²) in [7, 11) is 0. The molecule has 1 aliphatic heterocycles. The first-order valence-electron chi connectivity index (χ1n) is 9.67. The van der Waals surface area contributed by atoms with Crippen LogP contribution in [0.4, 0.5) is 0 Å². The molecule has 5 heteroatoms. The first kappa shape index (κ1) is 19.3. The molecule has 0 bridgehead atoms. The number of carbonyl (C=O) groups is 2. The molecule has 144 valence electrons. The van der Waals surface area contributed by atoms with Crippen LogP contribution in [0.25, 0.3) is 0 Å². The zero-order chi connectivity index (χ0) is 19.6. The van der Waals surface area contributed by atoms with E-state index < -0.39 is 11.8 Å². The average Bonchev–Trinajstić information content (AvgIpc) is 2.61. The lowest BCUT2D eigenvalue weighted by Gasteiger charge is -2.35. The molecule has 5 nitrogen and oxygen atoms in total. The maximum absolute atomic E-state index is 12.9. The van der Waals surface area contributed by atoms with Gasteiger partial charge >= 0.3 is 5.97 Å². The summed E-state index contributed by atoms with van der Waals surface area (Å²) < 4.78 is 11.4. The summed E-state index contributed by atoms with van der Waals surface area (Å²) in [5.41, 5.74) is 3.02. The van der Waals surface area contributed by atoms with E-state index in [0.29, 0.717) is 30.1 Å². The standard InChI is InChI=1S/C22H27NO4/c1-5-26-22(25)19-14(4)23-16-10-8-11-17(24)21(16)20(19)15-9-6-7-12-18(15)27-13(2)3/h6-7,9,12-13,19-20H,5,8,10-11H2,1-4H3/t19?,20-/m1/s1. The summed E-state index contributed by atoms with van der Waals surface area (Å²) in [4.78, 5) is 30.3. The van der Waals surface area contributed by atoms with Gasteiger partial charge in [0.25, 0.3) is 0 Å². The number of para-hydroxylation sites is 1. The predicted octanol–water partition coefficient (Wildman–Crippen LogP) is 4.22. The Morgan fingerprint density at radius 3 is 2.70 bits per heavy atom. The average molecular weight is 369 g/mol. The summed E-state index contributed by atoms with van der Waals surface area (Å²) >= 11 is 0. The molecule has 1 heterocycles. The van der Waals surface area contributed by atoms with Crippen LogP contribution in [0.3, 0.4) is 0 Å². The van der Waals surface area contributed by atoms with Crippen LogP contribution in [0.5, 0.6) is 5.75 Å². The monoisotopic (exact) mass is 369 g/mol. The fourth-order valence-corrected chi connectivity index (χ4v) is 3.98. The van der Waals surface area contributed by atoms with Gasteiger partial charge < -0.3 is 9.47 Å². The minimum absolute atomic E-state index is 0.0129. The fourth-order valence-electron chi connectivity index (χ4n) is 3.98. The summed E-state index contributed by atoms with van der Waals surface area (Å²) in [6.45, 7) is 7.85. The molecule has 1 aromatic carbocycles.